The first kappa shape index (κ1) is 25.4. The number of nitrogens with zero attached hydrogens (tertiary/aromatic N) is 2. The molecule has 0 fully saturated rings. The minimum absolute atomic E-state index is 0.301. The fourth-order valence-corrected chi connectivity index (χ4v) is 4.40. The van der Waals surface area contributed by atoms with Crippen LogP contribution >= 0.6 is 7.82 Å². The van der Waals surface area contributed by atoms with Gasteiger partial charge in [0.15, 0.2) is 11.5 Å². The summed E-state index contributed by atoms with van der Waals surface area (Å²) in [6.45, 7) is 0. The first-order valence-electron chi connectivity index (χ1n) is 11.1. The molecule has 0 spiro atoms. The fourth-order valence-electron chi connectivity index (χ4n) is 3.35. The molecule has 1 aliphatic rings. The zero-order valence-corrected chi connectivity index (χ0v) is 21.0. The van der Waals surface area contributed by atoms with E-state index in [4.69, 9.17) is 23.1 Å². The third kappa shape index (κ3) is 6.49. The number of hydrogen-bond donors (Lipinski definition) is 0. The van der Waals surface area contributed by atoms with Gasteiger partial charge in [0.1, 0.15) is 23.3 Å². The Morgan fingerprint density at radius 2 is 1.35 bits per heavy atom. The number of oxime groups is 1. The molecule has 0 amide bonds. The smallest absolute Gasteiger partial charge is 0.493 e. The lowest BCUT2D eigenvalue weighted by molar-refractivity contribution is 0.218. The number of para-hydroxylation sites is 2. The van der Waals surface area contributed by atoms with Crippen LogP contribution in [0.4, 0.5) is 0 Å². The molecule has 0 aromatic heterocycles. The lowest BCUT2D eigenvalue weighted by Crippen LogP contribution is -2.04. The van der Waals surface area contributed by atoms with Crippen molar-refractivity contribution in [3.05, 3.63) is 114 Å². The van der Waals surface area contributed by atoms with E-state index in [0.717, 1.165) is 0 Å². The summed E-state index contributed by atoms with van der Waals surface area (Å²) in [5, 5.41) is 13.8. The number of nitriles is 1. The van der Waals surface area contributed by atoms with Crippen LogP contribution in [0.5, 0.6) is 23.0 Å². The molecule has 0 atom stereocenters. The van der Waals surface area contributed by atoms with E-state index < -0.39 is 7.82 Å². The molecule has 37 heavy (non-hydrogen) atoms. The maximum Gasteiger partial charge on any atom is 0.668 e. The van der Waals surface area contributed by atoms with Crippen LogP contribution in [0.15, 0.2) is 114 Å². The summed E-state index contributed by atoms with van der Waals surface area (Å²) in [5.74, 6) is 1.68. The van der Waals surface area contributed by atoms with Crippen LogP contribution in [-0.4, -0.2) is 19.9 Å². The molecule has 9 heteroatoms. The summed E-state index contributed by atoms with van der Waals surface area (Å²) in [4.78, 5) is 0. The van der Waals surface area contributed by atoms with Gasteiger partial charge in [0.25, 0.3) is 0 Å². The van der Waals surface area contributed by atoms with Crippen molar-refractivity contribution in [2.45, 2.75) is 0 Å². The molecule has 0 bridgehead atoms. The van der Waals surface area contributed by atoms with Crippen LogP contribution < -0.4 is 18.5 Å². The number of ether oxygens (including phenoxy) is 2. The van der Waals surface area contributed by atoms with E-state index in [1.165, 1.54) is 7.11 Å². The summed E-state index contributed by atoms with van der Waals surface area (Å²) in [6.07, 6.45) is 6.67. The molecular weight excluding hydrogens is 491 g/mol. The van der Waals surface area contributed by atoms with Crippen molar-refractivity contribution in [3.8, 4) is 29.1 Å². The Morgan fingerprint density at radius 3 is 1.86 bits per heavy atom. The third-order valence-corrected chi connectivity index (χ3v) is 6.26. The Morgan fingerprint density at radius 1 is 0.784 bits per heavy atom. The number of methoxy groups -OCH3 is 2. The molecule has 4 rings (SSSR count). The molecule has 0 N–H and O–H groups in total. The molecule has 3 aromatic carbocycles. The van der Waals surface area contributed by atoms with E-state index in [-0.39, 0.29) is 0 Å². The average Bonchev–Trinajstić information content (AvgIpc) is 2.94. The maximum atomic E-state index is 13.4. The molecule has 1 aliphatic carbocycles. The standard InChI is InChI=1S/C28H23N2O6P/c1-32-27-18-15-22(19-28(27)33-2)26(20-29)21-13-16-23(17-14-21)30-36-37(31,34-24-9-5-3-6-10-24)35-25-11-7-4-8-12-25/h3-19H,1-2H3. The van der Waals surface area contributed by atoms with E-state index >= 15 is 0 Å². The Labute approximate surface area is 214 Å². The van der Waals surface area contributed by atoms with Gasteiger partial charge in [-0.1, -0.05) is 53.7 Å². The number of benzene rings is 3. The van der Waals surface area contributed by atoms with Gasteiger partial charge >= 0.3 is 7.82 Å². The second-order valence-electron chi connectivity index (χ2n) is 7.53. The van der Waals surface area contributed by atoms with Gasteiger partial charge in [-0.25, -0.2) is 0 Å². The highest BCUT2D eigenvalue weighted by Crippen LogP contribution is 2.50. The molecule has 0 saturated heterocycles. The lowest BCUT2D eigenvalue weighted by Gasteiger charge is -2.16. The van der Waals surface area contributed by atoms with Crippen molar-refractivity contribution in [1.29, 1.82) is 5.26 Å². The highest BCUT2D eigenvalue weighted by atomic mass is 31.2. The van der Waals surface area contributed by atoms with Crippen molar-refractivity contribution in [1.82, 2.24) is 0 Å². The highest BCUT2D eigenvalue weighted by molar-refractivity contribution is 7.49. The summed E-state index contributed by atoms with van der Waals surface area (Å²) < 4.78 is 40.5. The zero-order valence-electron chi connectivity index (χ0n) is 20.1. The first-order valence-corrected chi connectivity index (χ1v) is 12.6. The van der Waals surface area contributed by atoms with E-state index in [0.29, 0.717) is 45.4 Å². The van der Waals surface area contributed by atoms with Gasteiger partial charge in [0.05, 0.1) is 19.8 Å². The Bertz CT molecular complexity index is 1390. The monoisotopic (exact) mass is 514 g/mol. The molecule has 186 valence electrons. The minimum atomic E-state index is -4.18. The lowest BCUT2D eigenvalue weighted by atomic mass is 9.97. The van der Waals surface area contributed by atoms with Crippen molar-refractivity contribution in [2.75, 3.05) is 14.2 Å². The van der Waals surface area contributed by atoms with Gasteiger partial charge < -0.3 is 18.5 Å². The number of rotatable bonds is 9. The molecule has 0 heterocycles. The zero-order chi connectivity index (χ0) is 26.1. The van der Waals surface area contributed by atoms with Crippen molar-refractivity contribution in [3.63, 3.8) is 0 Å². The second-order valence-corrected chi connectivity index (χ2v) is 8.96. The Kier molecular flexibility index (Phi) is 8.09. The third-order valence-electron chi connectivity index (χ3n) is 5.11. The molecule has 0 radical (unpaired) electrons. The SMILES string of the molecule is COc1ccc(C(C#N)=C2C=CC(=NOP(=O)(Oc3ccccc3)Oc3ccccc3)C=C2)cc1OC. The summed E-state index contributed by atoms with van der Waals surface area (Å²) in [6, 6.07) is 24.5. The number of phosphoric ester groups is 1. The Balaban J connectivity index is 1.56. The van der Waals surface area contributed by atoms with E-state index in [1.807, 2.05) is 0 Å². The van der Waals surface area contributed by atoms with Gasteiger partial charge in [-0.2, -0.15) is 9.83 Å². The summed E-state index contributed by atoms with van der Waals surface area (Å²) >= 11 is 0. The number of hydrogen-bond acceptors (Lipinski definition) is 8. The molecule has 0 saturated carbocycles. The van der Waals surface area contributed by atoms with Crippen LogP contribution in [0.3, 0.4) is 0 Å². The molecule has 3 aromatic rings. The van der Waals surface area contributed by atoms with E-state index in [2.05, 4.69) is 11.2 Å². The maximum absolute atomic E-state index is 13.4. The fraction of sp³-hybridized carbons (Fsp3) is 0.0714. The highest BCUT2D eigenvalue weighted by Gasteiger charge is 2.33. The predicted octanol–water partition coefficient (Wildman–Crippen LogP) is 6.75. The largest absolute Gasteiger partial charge is 0.668 e. The van der Waals surface area contributed by atoms with Gasteiger partial charge in [0.2, 0.25) is 0 Å². The number of phosphoric acid groups is 1. The van der Waals surface area contributed by atoms with Crippen LogP contribution in [-0.2, 0) is 9.19 Å². The van der Waals surface area contributed by atoms with E-state index in [9.17, 15) is 9.83 Å². The van der Waals surface area contributed by atoms with Crippen LogP contribution in [0, 0.1) is 11.3 Å². The predicted molar refractivity (Wildman–Crippen MR) is 141 cm³/mol. The van der Waals surface area contributed by atoms with Gasteiger partial charge in [-0.15, -0.1) is 0 Å². The average molecular weight is 514 g/mol. The van der Waals surface area contributed by atoms with Crippen molar-refractivity contribution < 1.29 is 27.7 Å². The Hall–Kier alpha value is -4.73. The van der Waals surface area contributed by atoms with Crippen LogP contribution in [0.2, 0.25) is 0 Å². The summed E-state index contributed by atoms with van der Waals surface area (Å²) in [7, 11) is -1.10. The van der Waals surface area contributed by atoms with E-state index in [1.54, 1.807) is 110 Å². The summed E-state index contributed by atoms with van der Waals surface area (Å²) in [5.41, 5.74) is 2.09. The second kappa shape index (κ2) is 11.8. The van der Waals surface area contributed by atoms with Crippen LogP contribution in [0.25, 0.3) is 5.57 Å². The molecule has 8 nitrogen and oxygen atoms in total. The quantitative estimate of drug-likeness (QED) is 0.177. The van der Waals surface area contributed by atoms with Gasteiger partial charge in [0, 0.05) is 0 Å². The van der Waals surface area contributed by atoms with Crippen molar-refractivity contribution >= 4 is 19.1 Å². The van der Waals surface area contributed by atoms with Crippen LogP contribution in [0.1, 0.15) is 5.56 Å². The first-order chi connectivity index (χ1) is 18.0. The van der Waals surface area contributed by atoms with Gasteiger partial charge in [-0.3, -0.25) is 4.62 Å². The molecule has 0 aliphatic heterocycles. The van der Waals surface area contributed by atoms with Crippen molar-refractivity contribution in [2.24, 2.45) is 5.16 Å². The topological polar surface area (TPSA) is 99.4 Å². The normalized spacial score (nSPS) is 12.4. The molecular formula is C28H23N2O6P. The number of allylic oxidation sites excluding steroid dienone is 6. The minimum Gasteiger partial charge on any atom is -0.493 e. The molecule has 0 unspecified atom stereocenters. The van der Waals surface area contributed by atoms with Gasteiger partial charge in [-0.05, 0) is 65.8 Å².